The van der Waals surface area contributed by atoms with Gasteiger partial charge in [-0.05, 0) is 36.4 Å². The molecule has 2 rings (SSSR count). The fraction of sp³-hybridized carbons (Fsp3) is 0.211. The molecule has 0 aliphatic heterocycles. The first-order valence-electron chi connectivity index (χ1n) is 7.58. The minimum atomic E-state index is -0.468. The van der Waals surface area contributed by atoms with E-state index in [1.807, 2.05) is 12.1 Å². The van der Waals surface area contributed by atoms with Gasteiger partial charge in [0.25, 0.3) is 0 Å². The minimum Gasteiger partial charge on any atom is -0.493 e. The normalized spacial score (nSPS) is 10.5. The Balaban J connectivity index is 1.82. The van der Waals surface area contributed by atoms with Crippen LogP contribution in [0.2, 0.25) is 5.02 Å². The number of carbonyl (C=O) groups is 1. The maximum Gasteiger partial charge on any atom is 0.330 e. The van der Waals surface area contributed by atoms with Crippen LogP contribution in [-0.2, 0) is 9.53 Å². The molecule has 0 radical (unpaired) electrons. The number of benzene rings is 2. The molecule has 25 heavy (non-hydrogen) atoms. The van der Waals surface area contributed by atoms with E-state index in [9.17, 15) is 4.79 Å². The van der Waals surface area contributed by atoms with Crippen molar-refractivity contribution in [2.24, 2.45) is 0 Å². The highest BCUT2D eigenvalue weighted by Crippen LogP contribution is 2.31. The van der Waals surface area contributed by atoms with Gasteiger partial charge in [0.1, 0.15) is 19.0 Å². The third-order valence-electron chi connectivity index (χ3n) is 3.24. The van der Waals surface area contributed by atoms with Gasteiger partial charge in [0.15, 0.2) is 11.5 Å². The molecule has 0 aliphatic rings. The number of methoxy groups -OCH3 is 2. The number of halogens is 1. The lowest BCUT2D eigenvalue weighted by atomic mass is 10.1. The molecule has 0 spiro atoms. The van der Waals surface area contributed by atoms with Crippen molar-refractivity contribution in [3.63, 3.8) is 0 Å². The highest BCUT2D eigenvalue weighted by atomic mass is 35.5. The standard InChI is InChI=1S/C19H19ClO5/c1-22-17-5-3-4-14(19(17)23-2)6-11-18(21)25-13-12-24-16-9-7-15(20)8-10-16/h3-11H,12-13H2,1-2H3/b11-6+. The number of carbonyl (C=O) groups excluding carboxylic acids is 1. The van der Waals surface area contributed by atoms with Crippen molar-refractivity contribution < 1.29 is 23.7 Å². The molecule has 0 amide bonds. The maximum absolute atomic E-state index is 11.8. The zero-order valence-electron chi connectivity index (χ0n) is 14.0. The number of ether oxygens (including phenoxy) is 4. The van der Waals surface area contributed by atoms with E-state index in [1.54, 1.807) is 50.6 Å². The zero-order chi connectivity index (χ0) is 18.1. The molecule has 132 valence electrons. The Labute approximate surface area is 151 Å². The van der Waals surface area contributed by atoms with E-state index < -0.39 is 5.97 Å². The van der Waals surface area contributed by atoms with Gasteiger partial charge in [0.2, 0.25) is 0 Å². The fourth-order valence-electron chi connectivity index (χ4n) is 2.08. The molecule has 0 aliphatic carbocycles. The first-order valence-corrected chi connectivity index (χ1v) is 7.96. The van der Waals surface area contributed by atoms with Crippen LogP contribution in [0.15, 0.2) is 48.5 Å². The summed E-state index contributed by atoms with van der Waals surface area (Å²) in [5.74, 6) is 1.34. The predicted molar refractivity (Wildman–Crippen MR) is 96.5 cm³/mol. The summed E-state index contributed by atoms with van der Waals surface area (Å²) >= 11 is 5.79. The molecule has 0 N–H and O–H groups in total. The first-order chi connectivity index (χ1) is 12.1. The molecule has 2 aromatic carbocycles. The number of esters is 1. The van der Waals surface area contributed by atoms with Gasteiger partial charge in [0.05, 0.1) is 14.2 Å². The molecule has 0 saturated carbocycles. The smallest absolute Gasteiger partial charge is 0.330 e. The van der Waals surface area contributed by atoms with Crippen LogP contribution in [-0.4, -0.2) is 33.4 Å². The Bertz CT molecular complexity index is 725. The second-order valence-corrected chi connectivity index (χ2v) is 5.32. The zero-order valence-corrected chi connectivity index (χ0v) is 14.8. The van der Waals surface area contributed by atoms with Gasteiger partial charge in [-0.15, -0.1) is 0 Å². The van der Waals surface area contributed by atoms with Crippen molar-refractivity contribution in [2.45, 2.75) is 0 Å². The van der Waals surface area contributed by atoms with Crippen LogP contribution >= 0.6 is 11.6 Å². The van der Waals surface area contributed by atoms with Crippen molar-refractivity contribution in [1.82, 2.24) is 0 Å². The molecule has 6 heteroatoms. The van der Waals surface area contributed by atoms with Gasteiger partial charge in [-0.2, -0.15) is 0 Å². The average Bonchev–Trinajstić information content (AvgIpc) is 2.64. The van der Waals surface area contributed by atoms with E-state index in [0.29, 0.717) is 22.3 Å². The second kappa shape index (κ2) is 9.59. The topological polar surface area (TPSA) is 54.0 Å². The van der Waals surface area contributed by atoms with Crippen molar-refractivity contribution >= 4 is 23.6 Å². The summed E-state index contributed by atoms with van der Waals surface area (Å²) in [7, 11) is 3.10. The first kappa shape index (κ1) is 18.7. The molecule has 0 saturated heterocycles. The van der Waals surface area contributed by atoms with Crippen LogP contribution in [0.25, 0.3) is 6.08 Å². The van der Waals surface area contributed by atoms with Crippen LogP contribution in [0.5, 0.6) is 17.2 Å². The molecule has 0 bridgehead atoms. The Morgan fingerprint density at radius 2 is 1.80 bits per heavy atom. The van der Waals surface area contributed by atoms with Gasteiger partial charge in [-0.1, -0.05) is 23.7 Å². The summed E-state index contributed by atoms with van der Waals surface area (Å²) in [5, 5.41) is 0.636. The molecule has 5 nitrogen and oxygen atoms in total. The Morgan fingerprint density at radius 3 is 2.48 bits per heavy atom. The maximum atomic E-state index is 11.8. The third kappa shape index (κ3) is 5.72. The molecule has 0 heterocycles. The summed E-state index contributed by atoms with van der Waals surface area (Å²) in [5.41, 5.74) is 0.719. The number of rotatable bonds is 8. The second-order valence-electron chi connectivity index (χ2n) is 4.89. The summed E-state index contributed by atoms with van der Waals surface area (Å²) < 4.78 is 21.0. The van der Waals surface area contributed by atoms with Crippen LogP contribution in [0.3, 0.4) is 0 Å². The number of hydrogen-bond donors (Lipinski definition) is 0. The van der Waals surface area contributed by atoms with Crippen molar-refractivity contribution in [3.05, 3.63) is 59.1 Å². The monoisotopic (exact) mass is 362 g/mol. The quantitative estimate of drug-likeness (QED) is 0.403. The van der Waals surface area contributed by atoms with E-state index in [1.165, 1.54) is 6.08 Å². The van der Waals surface area contributed by atoms with Crippen LogP contribution in [0.1, 0.15) is 5.56 Å². The van der Waals surface area contributed by atoms with Crippen molar-refractivity contribution in [1.29, 1.82) is 0 Å². The Hall–Kier alpha value is -2.66. The Kier molecular flexibility index (Phi) is 7.16. The summed E-state index contributed by atoms with van der Waals surface area (Å²) in [6.07, 6.45) is 2.95. The van der Waals surface area contributed by atoms with Gasteiger partial charge >= 0.3 is 5.97 Å². The van der Waals surface area contributed by atoms with E-state index in [4.69, 9.17) is 30.5 Å². The average molecular weight is 363 g/mol. The SMILES string of the molecule is COc1cccc(/C=C/C(=O)OCCOc2ccc(Cl)cc2)c1OC. The number of hydrogen-bond acceptors (Lipinski definition) is 5. The molecule has 0 fully saturated rings. The highest BCUT2D eigenvalue weighted by molar-refractivity contribution is 6.30. The minimum absolute atomic E-state index is 0.140. The lowest BCUT2D eigenvalue weighted by Gasteiger charge is -2.09. The summed E-state index contributed by atoms with van der Waals surface area (Å²) in [4.78, 5) is 11.8. The highest BCUT2D eigenvalue weighted by Gasteiger charge is 2.07. The van der Waals surface area contributed by atoms with Crippen LogP contribution in [0, 0.1) is 0 Å². The van der Waals surface area contributed by atoms with Gasteiger partial charge in [0, 0.05) is 16.7 Å². The van der Waals surface area contributed by atoms with Gasteiger partial charge in [-0.3, -0.25) is 0 Å². The molecule has 0 aromatic heterocycles. The molecule has 0 unspecified atom stereocenters. The van der Waals surface area contributed by atoms with E-state index >= 15 is 0 Å². The molecule has 2 aromatic rings. The van der Waals surface area contributed by atoms with Crippen LogP contribution in [0.4, 0.5) is 0 Å². The van der Waals surface area contributed by atoms with E-state index in [0.717, 1.165) is 5.56 Å². The van der Waals surface area contributed by atoms with E-state index in [2.05, 4.69) is 0 Å². The molecular formula is C19H19ClO5. The summed E-state index contributed by atoms with van der Waals surface area (Å²) in [6, 6.07) is 12.4. The van der Waals surface area contributed by atoms with E-state index in [-0.39, 0.29) is 13.2 Å². The third-order valence-corrected chi connectivity index (χ3v) is 3.49. The van der Waals surface area contributed by atoms with Crippen molar-refractivity contribution in [2.75, 3.05) is 27.4 Å². The Morgan fingerprint density at radius 1 is 1.04 bits per heavy atom. The van der Waals surface area contributed by atoms with Crippen LogP contribution < -0.4 is 14.2 Å². The summed E-state index contributed by atoms with van der Waals surface area (Å²) in [6.45, 7) is 0.394. The van der Waals surface area contributed by atoms with Gasteiger partial charge < -0.3 is 18.9 Å². The predicted octanol–water partition coefficient (Wildman–Crippen LogP) is 3.99. The fourth-order valence-corrected chi connectivity index (χ4v) is 2.21. The molecule has 0 atom stereocenters. The van der Waals surface area contributed by atoms with Gasteiger partial charge in [-0.25, -0.2) is 4.79 Å². The lowest BCUT2D eigenvalue weighted by Crippen LogP contribution is -2.10. The number of para-hydroxylation sites is 1. The molecular weight excluding hydrogens is 344 g/mol. The largest absolute Gasteiger partial charge is 0.493 e. The lowest BCUT2D eigenvalue weighted by molar-refractivity contribution is -0.138. The van der Waals surface area contributed by atoms with Crippen molar-refractivity contribution in [3.8, 4) is 17.2 Å².